The lowest BCUT2D eigenvalue weighted by Crippen LogP contribution is -2.34. The lowest BCUT2D eigenvalue weighted by atomic mass is 9.90. The van der Waals surface area contributed by atoms with E-state index in [0.717, 1.165) is 78.3 Å². The summed E-state index contributed by atoms with van der Waals surface area (Å²) in [7, 11) is 0. The summed E-state index contributed by atoms with van der Waals surface area (Å²) in [4.78, 5) is 10.1. The van der Waals surface area contributed by atoms with Gasteiger partial charge >= 0.3 is 0 Å². The Morgan fingerprint density at radius 1 is 0.592 bits per heavy atom. The second-order valence-corrected chi connectivity index (χ2v) is 12.9. The van der Waals surface area contributed by atoms with Gasteiger partial charge in [0.2, 0.25) is 0 Å². The van der Waals surface area contributed by atoms with Crippen LogP contribution in [0.2, 0.25) is 0 Å². The van der Waals surface area contributed by atoms with Gasteiger partial charge < -0.3 is 9.88 Å². The zero-order valence-corrected chi connectivity index (χ0v) is 26.4. The van der Waals surface area contributed by atoms with Gasteiger partial charge in [-0.1, -0.05) is 103 Å². The first kappa shape index (κ1) is 27.8. The largest absolute Gasteiger partial charge is 0.344 e. The average Bonchev–Trinajstić information content (AvgIpc) is 3.48. The third-order valence-electron chi connectivity index (χ3n) is 9.79. The summed E-state index contributed by atoms with van der Waals surface area (Å²) in [6, 6.07) is 51.6. The van der Waals surface area contributed by atoms with Crippen molar-refractivity contribution in [3.63, 3.8) is 0 Å². The highest BCUT2D eigenvalue weighted by molar-refractivity contribution is 6.24. The molecule has 8 aromatic rings. The van der Waals surface area contributed by atoms with Crippen LogP contribution in [0.5, 0.6) is 0 Å². The fourth-order valence-electron chi connectivity index (χ4n) is 7.49. The van der Waals surface area contributed by atoms with E-state index in [2.05, 4.69) is 107 Å². The minimum atomic E-state index is -0.244. The Kier molecular flexibility index (Phi) is 6.15. The minimum Gasteiger partial charge on any atom is -0.344 e. The van der Waals surface area contributed by atoms with Gasteiger partial charge in [-0.25, -0.2) is 14.4 Å². The number of nitrogens with one attached hydrogen (secondary N) is 1. The Hall–Kier alpha value is -6.33. The van der Waals surface area contributed by atoms with Crippen LogP contribution in [-0.2, 0) is 6.42 Å². The number of nitrogens with zero attached hydrogens (tertiary/aromatic N) is 3. The smallest absolute Gasteiger partial charge is 0.159 e. The molecule has 1 unspecified atom stereocenters. The Morgan fingerprint density at radius 2 is 1.27 bits per heavy atom. The van der Waals surface area contributed by atoms with Crippen molar-refractivity contribution in [3.8, 4) is 16.8 Å². The van der Waals surface area contributed by atoms with E-state index in [4.69, 9.17) is 9.98 Å². The molecular formula is C44H29FN4. The summed E-state index contributed by atoms with van der Waals surface area (Å²) in [6.07, 6.45) is 0.788. The summed E-state index contributed by atoms with van der Waals surface area (Å²) in [5.41, 5.74) is 11.1. The van der Waals surface area contributed by atoms with Crippen molar-refractivity contribution in [1.29, 1.82) is 0 Å². The summed E-state index contributed by atoms with van der Waals surface area (Å²) in [6.45, 7) is 0. The molecule has 0 saturated heterocycles. The lowest BCUT2D eigenvalue weighted by molar-refractivity contribution is 0.629. The molecule has 49 heavy (non-hydrogen) atoms. The summed E-state index contributed by atoms with van der Waals surface area (Å²) in [5.74, 6) is 1.30. The fraction of sp³-hybridized carbons (Fsp3) is 0.0455. The standard InChI is InChI=1S/C44H29FN4/c45-33-19-20-39-38(25-33)41-36-14-8-7-13-35(36)37(26-40(41)49(39)34-11-5-2-6-12-34)29-15-17-31(18-16-29)43-46-42(30-9-3-1-4-10-30)47-44(48-43)32-23-27-21-28(22-27)24-32/h1-21,23-26,42H,22H2,(H,46,47,48). The van der Waals surface area contributed by atoms with Gasteiger partial charge in [-0.3, -0.25) is 0 Å². The van der Waals surface area contributed by atoms with Gasteiger partial charge in [-0.15, -0.1) is 0 Å². The fourth-order valence-corrected chi connectivity index (χ4v) is 7.49. The monoisotopic (exact) mass is 632 g/mol. The first-order chi connectivity index (χ1) is 24.2. The molecule has 232 valence electrons. The van der Waals surface area contributed by atoms with E-state index in [1.165, 1.54) is 11.1 Å². The van der Waals surface area contributed by atoms with E-state index in [-0.39, 0.29) is 12.0 Å². The molecule has 3 aliphatic rings. The van der Waals surface area contributed by atoms with E-state index in [1.807, 2.05) is 42.5 Å². The maximum absolute atomic E-state index is 14.7. The maximum Gasteiger partial charge on any atom is 0.159 e. The first-order valence-electron chi connectivity index (χ1n) is 16.6. The number of para-hydroxylation sites is 1. The normalized spacial score (nSPS) is 15.2. The molecule has 0 saturated carbocycles. The first-order valence-corrected chi connectivity index (χ1v) is 16.6. The van der Waals surface area contributed by atoms with Crippen LogP contribution in [0.15, 0.2) is 162 Å². The third-order valence-corrected chi connectivity index (χ3v) is 9.79. The quantitative estimate of drug-likeness (QED) is 0.202. The van der Waals surface area contributed by atoms with E-state index in [0.29, 0.717) is 5.84 Å². The number of rotatable bonds is 5. The highest BCUT2D eigenvalue weighted by atomic mass is 19.1. The summed E-state index contributed by atoms with van der Waals surface area (Å²) >= 11 is 0. The molecule has 11 rings (SSSR count). The second-order valence-electron chi connectivity index (χ2n) is 12.9. The van der Waals surface area contributed by atoms with Crippen molar-refractivity contribution >= 4 is 44.2 Å². The highest BCUT2D eigenvalue weighted by Gasteiger charge is 2.24. The van der Waals surface area contributed by atoms with Crippen LogP contribution in [0.25, 0.3) is 49.4 Å². The van der Waals surface area contributed by atoms with Crippen LogP contribution in [0.3, 0.4) is 0 Å². The van der Waals surface area contributed by atoms with Crippen LogP contribution in [-0.4, -0.2) is 16.2 Å². The van der Waals surface area contributed by atoms with Crippen molar-refractivity contribution < 1.29 is 4.39 Å². The van der Waals surface area contributed by atoms with Crippen molar-refractivity contribution in [2.24, 2.45) is 9.98 Å². The number of aromatic nitrogens is 1. The van der Waals surface area contributed by atoms with Crippen molar-refractivity contribution in [2.45, 2.75) is 12.6 Å². The van der Waals surface area contributed by atoms with Gasteiger partial charge in [-0.2, -0.15) is 0 Å². The molecule has 5 heteroatoms. The molecule has 0 amide bonds. The second kappa shape index (κ2) is 10.9. The van der Waals surface area contributed by atoms with Gasteiger partial charge in [0.05, 0.1) is 11.0 Å². The van der Waals surface area contributed by atoms with Gasteiger partial charge in [0, 0.05) is 27.6 Å². The molecule has 0 radical (unpaired) electrons. The Balaban J connectivity index is 1.13. The Labute approximate surface area is 282 Å². The number of fused-ring (bicyclic) bond motifs is 7. The maximum atomic E-state index is 14.7. The van der Waals surface area contributed by atoms with Gasteiger partial charge in [0.15, 0.2) is 5.84 Å². The van der Waals surface area contributed by atoms with Gasteiger partial charge in [-0.05, 0) is 93.5 Å². The molecule has 1 atom stereocenters. The van der Waals surface area contributed by atoms with Crippen LogP contribution < -0.4 is 5.32 Å². The van der Waals surface area contributed by atoms with Crippen molar-refractivity contribution in [3.05, 3.63) is 185 Å². The van der Waals surface area contributed by atoms with Crippen LogP contribution in [0.1, 0.15) is 34.0 Å². The predicted octanol–water partition coefficient (Wildman–Crippen LogP) is 10.1. The predicted molar refractivity (Wildman–Crippen MR) is 198 cm³/mol. The van der Waals surface area contributed by atoms with Crippen molar-refractivity contribution in [1.82, 2.24) is 9.88 Å². The Morgan fingerprint density at radius 3 is 2.02 bits per heavy atom. The number of hydrogen-bond donors (Lipinski definition) is 1. The number of amidine groups is 2. The number of aliphatic imine (C=N–C) groups is 2. The van der Waals surface area contributed by atoms with E-state index >= 15 is 0 Å². The number of hydrogen-bond acceptors (Lipinski definition) is 3. The molecule has 0 fully saturated rings. The molecule has 7 aromatic carbocycles. The van der Waals surface area contributed by atoms with E-state index < -0.39 is 0 Å². The summed E-state index contributed by atoms with van der Waals surface area (Å²) in [5, 5.41) is 7.75. The molecule has 1 aliphatic heterocycles. The Bertz CT molecular complexity index is 2630. The van der Waals surface area contributed by atoms with Crippen LogP contribution in [0, 0.1) is 5.82 Å². The molecule has 2 aliphatic carbocycles. The van der Waals surface area contributed by atoms with E-state index in [9.17, 15) is 4.39 Å². The van der Waals surface area contributed by atoms with Crippen LogP contribution in [0.4, 0.5) is 4.39 Å². The zero-order valence-electron chi connectivity index (χ0n) is 26.4. The molecule has 0 spiro atoms. The zero-order chi connectivity index (χ0) is 32.5. The number of benzene rings is 7. The molecule has 2 heterocycles. The summed E-state index contributed by atoms with van der Waals surface area (Å²) < 4.78 is 17.0. The highest BCUT2D eigenvalue weighted by Crippen LogP contribution is 2.41. The van der Waals surface area contributed by atoms with Gasteiger partial charge in [0.1, 0.15) is 17.8 Å². The van der Waals surface area contributed by atoms with Crippen LogP contribution >= 0.6 is 0 Å². The molecule has 1 N–H and O–H groups in total. The number of halogens is 1. The topological polar surface area (TPSA) is 41.7 Å². The van der Waals surface area contributed by atoms with E-state index in [1.54, 1.807) is 12.1 Å². The third kappa shape index (κ3) is 4.58. The minimum absolute atomic E-state index is 0.241. The average molecular weight is 633 g/mol. The van der Waals surface area contributed by atoms with Gasteiger partial charge in [0.25, 0.3) is 0 Å². The van der Waals surface area contributed by atoms with Crippen molar-refractivity contribution in [2.75, 3.05) is 0 Å². The lowest BCUT2D eigenvalue weighted by Gasteiger charge is -2.25. The molecular weight excluding hydrogens is 604 g/mol. The molecule has 2 bridgehead atoms. The SMILES string of the molecule is Fc1ccc2c(c1)c1c3ccccc3c(-c3ccc(C4=NC(c5ccccc5)NC(c5cc6cc(c5)C6)=N4)cc3)cc1n2-c1ccccc1. The molecule has 1 aromatic heterocycles. The molecule has 4 nitrogen and oxygen atoms in total.